The number of anilines is 1. The van der Waals surface area contributed by atoms with E-state index in [0.29, 0.717) is 16.6 Å². The molecule has 1 amide bonds. The summed E-state index contributed by atoms with van der Waals surface area (Å²) >= 11 is 6.36. The van der Waals surface area contributed by atoms with Gasteiger partial charge in [-0.15, -0.1) is 0 Å². The number of hydrogen-bond acceptors (Lipinski definition) is 4. The lowest BCUT2D eigenvalue weighted by atomic mass is 10.2. The molecule has 0 aromatic carbocycles. The summed E-state index contributed by atoms with van der Waals surface area (Å²) in [7, 11) is 3.44. The predicted molar refractivity (Wildman–Crippen MR) is 90.8 cm³/mol. The molecule has 6 heteroatoms. The summed E-state index contributed by atoms with van der Waals surface area (Å²) in [5.74, 6) is 0.704. The molecule has 0 bridgehead atoms. The van der Waals surface area contributed by atoms with Crippen LogP contribution < -0.4 is 4.90 Å². The van der Waals surface area contributed by atoms with E-state index in [1.807, 2.05) is 0 Å². The first-order chi connectivity index (χ1) is 10.5. The molecule has 122 valence electrons. The molecule has 1 fully saturated rings. The number of amides is 1. The first kappa shape index (κ1) is 17.0. The van der Waals surface area contributed by atoms with Crippen LogP contribution in [0.2, 0.25) is 5.02 Å². The highest BCUT2D eigenvalue weighted by Gasteiger charge is 2.28. The lowest BCUT2D eigenvalue weighted by Gasteiger charge is -2.26. The Morgan fingerprint density at radius 3 is 2.64 bits per heavy atom. The first-order valence-corrected chi connectivity index (χ1v) is 8.21. The van der Waals surface area contributed by atoms with Crippen LogP contribution in [0.25, 0.3) is 0 Å². The van der Waals surface area contributed by atoms with E-state index in [4.69, 9.17) is 11.6 Å². The van der Waals surface area contributed by atoms with Crippen molar-refractivity contribution in [1.82, 2.24) is 14.8 Å². The fraction of sp³-hybridized carbons (Fsp3) is 0.625. The van der Waals surface area contributed by atoms with Gasteiger partial charge in [-0.05, 0) is 25.6 Å². The van der Waals surface area contributed by atoms with Gasteiger partial charge in [0.15, 0.2) is 0 Å². The lowest BCUT2D eigenvalue weighted by molar-refractivity contribution is 0.0827. The van der Waals surface area contributed by atoms with E-state index in [1.54, 1.807) is 26.4 Å². The summed E-state index contributed by atoms with van der Waals surface area (Å²) in [6.07, 6.45) is 2.74. The van der Waals surface area contributed by atoms with Crippen LogP contribution in [0, 0.1) is 0 Å². The average molecular weight is 325 g/mol. The molecule has 2 rings (SSSR count). The molecule has 5 nitrogen and oxygen atoms in total. The summed E-state index contributed by atoms with van der Waals surface area (Å²) in [6, 6.07) is 2.27. The molecule has 1 aromatic rings. The maximum absolute atomic E-state index is 12.0. The van der Waals surface area contributed by atoms with Gasteiger partial charge in [-0.25, -0.2) is 4.98 Å². The fourth-order valence-corrected chi connectivity index (χ4v) is 3.30. The van der Waals surface area contributed by atoms with Gasteiger partial charge >= 0.3 is 0 Å². The number of hydrogen-bond donors (Lipinski definition) is 0. The number of aromatic nitrogens is 1. The zero-order valence-corrected chi connectivity index (χ0v) is 14.6. The number of rotatable bonds is 5. The normalized spacial score (nSPS) is 18.1. The molecule has 0 spiro atoms. The van der Waals surface area contributed by atoms with E-state index >= 15 is 0 Å². The topological polar surface area (TPSA) is 39.7 Å². The lowest BCUT2D eigenvalue weighted by Crippen LogP contribution is -2.37. The zero-order chi connectivity index (χ0) is 16.3. The van der Waals surface area contributed by atoms with Gasteiger partial charge < -0.3 is 9.80 Å². The van der Waals surface area contributed by atoms with E-state index in [-0.39, 0.29) is 5.91 Å². The minimum absolute atomic E-state index is 0.0802. The number of carbonyl (C=O) groups excluding carboxylic acids is 1. The molecule has 0 saturated carbocycles. The SMILES string of the molecule is CCN(CC)C1CCN(c2ncc(C(=O)N(C)C)cc2Cl)C1. The minimum Gasteiger partial charge on any atom is -0.354 e. The second kappa shape index (κ2) is 7.29. The molecule has 1 aliphatic heterocycles. The van der Waals surface area contributed by atoms with Gasteiger partial charge in [0.05, 0.1) is 10.6 Å². The second-order valence-electron chi connectivity index (χ2n) is 5.84. The van der Waals surface area contributed by atoms with Gasteiger partial charge in [-0.1, -0.05) is 25.4 Å². The molecule has 1 aromatic heterocycles. The molecule has 0 radical (unpaired) electrons. The number of nitrogens with zero attached hydrogens (tertiary/aromatic N) is 4. The Balaban J connectivity index is 2.12. The quantitative estimate of drug-likeness (QED) is 0.833. The Bertz CT molecular complexity index is 531. The monoisotopic (exact) mass is 324 g/mol. The van der Waals surface area contributed by atoms with Crippen LogP contribution in [-0.4, -0.2) is 67.0 Å². The Hall–Kier alpha value is -1.33. The molecule has 1 atom stereocenters. The van der Waals surface area contributed by atoms with Crippen molar-refractivity contribution in [2.24, 2.45) is 0 Å². The van der Waals surface area contributed by atoms with Gasteiger partial charge in [-0.3, -0.25) is 9.69 Å². The van der Waals surface area contributed by atoms with Crippen molar-refractivity contribution in [3.63, 3.8) is 0 Å². The van der Waals surface area contributed by atoms with Crippen LogP contribution in [0.1, 0.15) is 30.6 Å². The van der Waals surface area contributed by atoms with Crippen LogP contribution in [-0.2, 0) is 0 Å². The summed E-state index contributed by atoms with van der Waals surface area (Å²) < 4.78 is 0. The van der Waals surface area contributed by atoms with Crippen LogP contribution in [0.15, 0.2) is 12.3 Å². The Labute approximate surface area is 137 Å². The third-order valence-electron chi connectivity index (χ3n) is 4.27. The van der Waals surface area contributed by atoms with Crippen LogP contribution in [0.5, 0.6) is 0 Å². The van der Waals surface area contributed by atoms with Crippen molar-refractivity contribution in [3.05, 3.63) is 22.8 Å². The summed E-state index contributed by atoms with van der Waals surface area (Å²) in [4.78, 5) is 22.6. The van der Waals surface area contributed by atoms with E-state index < -0.39 is 0 Å². The van der Waals surface area contributed by atoms with E-state index in [0.717, 1.165) is 38.4 Å². The molecule has 22 heavy (non-hydrogen) atoms. The number of pyridine rings is 1. The minimum atomic E-state index is -0.0802. The number of halogens is 1. The maximum atomic E-state index is 12.0. The second-order valence-corrected chi connectivity index (χ2v) is 6.25. The molecule has 1 saturated heterocycles. The van der Waals surface area contributed by atoms with Gasteiger partial charge in [0.2, 0.25) is 0 Å². The summed E-state index contributed by atoms with van der Waals surface area (Å²) in [6.45, 7) is 8.40. The van der Waals surface area contributed by atoms with Crippen molar-refractivity contribution in [1.29, 1.82) is 0 Å². The zero-order valence-electron chi connectivity index (χ0n) is 13.8. The Kier molecular flexibility index (Phi) is 5.64. The van der Waals surface area contributed by atoms with Crippen molar-refractivity contribution in [2.75, 3.05) is 45.2 Å². The largest absolute Gasteiger partial charge is 0.354 e. The number of likely N-dealkylation sites (N-methyl/N-ethyl adjacent to an activating group) is 1. The Morgan fingerprint density at radius 2 is 2.09 bits per heavy atom. The summed E-state index contributed by atoms with van der Waals surface area (Å²) in [5.41, 5.74) is 0.526. The molecule has 0 N–H and O–H groups in total. The highest BCUT2D eigenvalue weighted by molar-refractivity contribution is 6.33. The average Bonchev–Trinajstić information content (AvgIpc) is 2.97. The van der Waals surface area contributed by atoms with Crippen molar-refractivity contribution >= 4 is 23.3 Å². The Morgan fingerprint density at radius 1 is 1.41 bits per heavy atom. The molecule has 0 aliphatic carbocycles. The van der Waals surface area contributed by atoms with Crippen LogP contribution in [0.4, 0.5) is 5.82 Å². The number of carbonyl (C=O) groups is 1. The van der Waals surface area contributed by atoms with E-state index in [1.165, 1.54) is 4.90 Å². The van der Waals surface area contributed by atoms with Gasteiger partial charge in [-0.2, -0.15) is 0 Å². The third-order valence-corrected chi connectivity index (χ3v) is 4.54. The van der Waals surface area contributed by atoms with E-state index in [2.05, 4.69) is 28.6 Å². The maximum Gasteiger partial charge on any atom is 0.254 e. The highest BCUT2D eigenvalue weighted by Crippen LogP contribution is 2.28. The van der Waals surface area contributed by atoms with Crippen molar-refractivity contribution in [3.8, 4) is 0 Å². The smallest absolute Gasteiger partial charge is 0.254 e. The first-order valence-electron chi connectivity index (χ1n) is 7.84. The molecule has 1 aliphatic rings. The van der Waals surface area contributed by atoms with Crippen molar-refractivity contribution < 1.29 is 4.79 Å². The molecule has 2 heterocycles. The third kappa shape index (κ3) is 3.52. The fourth-order valence-electron chi connectivity index (χ4n) is 3.01. The molecule has 1 unspecified atom stereocenters. The van der Waals surface area contributed by atoms with Crippen molar-refractivity contribution in [2.45, 2.75) is 26.3 Å². The van der Waals surface area contributed by atoms with Crippen LogP contribution in [0.3, 0.4) is 0 Å². The predicted octanol–water partition coefficient (Wildman–Crippen LogP) is 2.36. The van der Waals surface area contributed by atoms with Gasteiger partial charge in [0.1, 0.15) is 5.82 Å². The van der Waals surface area contributed by atoms with Gasteiger partial charge in [0.25, 0.3) is 5.91 Å². The van der Waals surface area contributed by atoms with E-state index in [9.17, 15) is 4.79 Å². The standard InChI is InChI=1S/C16H25ClN4O/c1-5-20(6-2)13-7-8-21(11-13)15-14(17)9-12(10-18-15)16(22)19(3)4/h9-10,13H,5-8,11H2,1-4H3. The highest BCUT2D eigenvalue weighted by atomic mass is 35.5. The molecular weight excluding hydrogens is 300 g/mol. The van der Waals surface area contributed by atoms with Crippen LogP contribution >= 0.6 is 11.6 Å². The summed E-state index contributed by atoms with van der Waals surface area (Å²) in [5, 5.41) is 0.549. The van der Waals surface area contributed by atoms with Gasteiger partial charge in [0, 0.05) is 39.4 Å². The molecular formula is C16H25ClN4O.